The van der Waals surface area contributed by atoms with Gasteiger partial charge in [0, 0.05) is 23.2 Å². The minimum Gasteiger partial charge on any atom is -0.393 e. The van der Waals surface area contributed by atoms with Crippen molar-refractivity contribution in [1.29, 1.82) is 0 Å². The number of anilines is 1. The quantitative estimate of drug-likeness (QED) is 0.435. The van der Waals surface area contributed by atoms with E-state index < -0.39 is 16.9 Å². The van der Waals surface area contributed by atoms with Crippen LogP contribution in [-0.2, 0) is 0 Å². The fourth-order valence-electron chi connectivity index (χ4n) is 2.26. The molecule has 0 heterocycles. The van der Waals surface area contributed by atoms with Crippen molar-refractivity contribution in [1.82, 2.24) is 5.32 Å². The van der Waals surface area contributed by atoms with E-state index in [1.165, 1.54) is 12.1 Å². The number of aryl methyl sites for hydroxylation is 1. The number of nitro groups is 1. The second-order valence-electron chi connectivity index (χ2n) is 5.25. The van der Waals surface area contributed by atoms with Crippen LogP contribution in [-0.4, -0.2) is 22.5 Å². The van der Waals surface area contributed by atoms with E-state index >= 15 is 0 Å². The highest BCUT2D eigenvalue weighted by Crippen LogP contribution is 2.27. The molecular weight excluding hydrogens is 334 g/mol. The van der Waals surface area contributed by atoms with Gasteiger partial charge in [0.25, 0.3) is 11.6 Å². The maximum Gasteiger partial charge on any atom is 0.293 e. The van der Waals surface area contributed by atoms with Crippen LogP contribution in [0.4, 0.5) is 11.4 Å². The monoisotopic (exact) mass is 349 g/mol. The first-order chi connectivity index (χ1) is 11.3. The average Bonchev–Trinajstić information content (AvgIpc) is 2.54. The summed E-state index contributed by atoms with van der Waals surface area (Å²) in [6.07, 6.45) is -1.01. The van der Waals surface area contributed by atoms with Gasteiger partial charge in [-0.3, -0.25) is 14.9 Å². The molecule has 0 aromatic heterocycles. The van der Waals surface area contributed by atoms with Gasteiger partial charge in [-0.2, -0.15) is 0 Å². The molecule has 4 N–H and O–H groups in total. The van der Waals surface area contributed by atoms with Crippen molar-refractivity contribution in [3.63, 3.8) is 0 Å². The van der Waals surface area contributed by atoms with Crippen LogP contribution in [0.5, 0.6) is 0 Å². The third-order valence-electron chi connectivity index (χ3n) is 3.46. The fraction of sp³-hybridized carbons (Fsp3) is 0.188. The van der Waals surface area contributed by atoms with Gasteiger partial charge in [0.15, 0.2) is 0 Å². The van der Waals surface area contributed by atoms with E-state index in [0.717, 1.165) is 0 Å². The summed E-state index contributed by atoms with van der Waals surface area (Å²) < 4.78 is 0. The predicted molar refractivity (Wildman–Crippen MR) is 91.0 cm³/mol. The lowest BCUT2D eigenvalue weighted by atomic mass is 10.1. The molecule has 0 bridgehead atoms. The number of nitrogens with one attached hydrogen (secondary N) is 1. The van der Waals surface area contributed by atoms with Crippen LogP contribution in [0.15, 0.2) is 36.4 Å². The maximum absolute atomic E-state index is 12.3. The number of nitro benzene ring substituents is 1. The summed E-state index contributed by atoms with van der Waals surface area (Å²) in [7, 11) is 0. The molecule has 0 aliphatic heterocycles. The van der Waals surface area contributed by atoms with Crippen molar-refractivity contribution in [2.75, 3.05) is 12.3 Å². The lowest BCUT2D eigenvalue weighted by molar-refractivity contribution is -0.384. The van der Waals surface area contributed by atoms with E-state index in [1.54, 1.807) is 31.2 Å². The second-order valence-corrected chi connectivity index (χ2v) is 5.66. The van der Waals surface area contributed by atoms with Crippen molar-refractivity contribution in [3.8, 4) is 0 Å². The molecule has 126 valence electrons. The predicted octanol–water partition coefficient (Wildman–Crippen LogP) is 2.60. The molecule has 1 atom stereocenters. The minimum atomic E-state index is -1.01. The molecule has 2 aromatic rings. The molecule has 8 heteroatoms. The number of rotatable bonds is 5. The second kappa shape index (κ2) is 7.29. The highest BCUT2D eigenvalue weighted by atomic mass is 35.5. The van der Waals surface area contributed by atoms with Gasteiger partial charge in [-0.1, -0.05) is 29.8 Å². The molecule has 0 spiro atoms. The Kier molecular flexibility index (Phi) is 5.38. The van der Waals surface area contributed by atoms with Crippen LogP contribution in [0, 0.1) is 17.0 Å². The van der Waals surface area contributed by atoms with Gasteiger partial charge >= 0.3 is 0 Å². The Morgan fingerprint density at radius 2 is 2.08 bits per heavy atom. The zero-order chi connectivity index (χ0) is 17.9. The van der Waals surface area contributed by atoms with Gasteiger partial charge in [-0.15, -0.1) is 0 Å². The number of carbonyl (C=O) groups excluding carboxylic acids is 1. The molecule has 2 aromatic carbocycles. The number of hydrogen-bond donors (Lipinski definition) is 3. The van der Waals surface area contributed by atoms with Crippen LogP contribution in [0.3, 0.4) is 0 Å². The Morgan fingerprint density at radius 1 is 1.42 bits per heavy atom. The standard InChI is InChI=1S/C16H16ClN3O4/c1-9-6-11(15(18)13(7-9)20(23)24)16(22)19-8-14(21)10-4-2-3-5-12(10)17/h2-7,14,21H,8,18H2,1H3,(H,19,22). The van der Waals surface area contributed by atoms with Gasteiger partial charge < -0.3 is 16.2 Å². The Bertz CT molecular complexity index is 795. The topological polar surface area (TPSA) is 118 Å². The number of aliphatic hydroxyl groups excluding tert-OH is 1. The van der Waals surface area contributed by atoms with Crippen molar-refractivity contribution < 1.29 is 14.8 Å². The molecule has 2 rings (SSSR count). The molecule has 0 radical (unpaired) electrons. The number of carbonyl (C=O) groups is 1. The van der Waals surface area contributed by atoms with E-state index in [1.807, 2.05) is 0 Å². The molecule has 1 unspecified atom stereocenters. The fourth-order valence-corrected chi connectivity index (χ4v) is 2.52. The molecule has 24 heavy (non-hydrogen) atoms. The molecule has 0 saturated heterocycles. The molecule has 0 aliphatic carbocycles. The highest BCUT2D eigenvalue weighted by Gasteiger charge is 2.21. The first-order valence-electron chi connectivity index (χ1n) is 7.06. The van der Waals surface area contributed by atoms with E-state index in [-0.39, 0.29) is 23.5 Å². The highest BCUT2D eigenvalue weighted by molar-refractivity contribution is 6.31. The summed E-state index contributed by atoms with van der Waals surface area (Å²) in [6, 6.07) is 9.47. The number of amides is 1. The summed E-state index contributed by atoms with van der Waals surface area (Å²) in [6.45, 7) is 1.52. The average molecular weight is 350 g/mol. The van der Waals surface area contributed by atoms with Crippen LogP contribution < -0.4 is 11.1 Å². The minimum absolute atomic E-state index is 0.00643. The molecule has 0 saturated carbocycles. The van der Waals surface area contributed by atoms with Gasteiger partial charge in [0.2, 0.25) is 0 Å². The van der Waals surface area contributed by atoms with Gasteiger partial charge in [-0.05, 0) is 24.6 Å². The van der Waals surface area contributed by atoms with Crippen LogP contribution in [0.1, 0.15) is 27.6 Å². The lowest BCUT2D eigenvalue weighted by Gasteiger charge is -2.14. The number of nitrogen functional groups attached to an aromatic ring is 1. The summed E-state index contributed by atoms with van der Waals surface area (Å²) in [5, 5.41) is 24.0. The third-order valence-corrected chi connectivity index (χ3v) is 3.81. The Morgan fingerprint density at radius 3 is 2.71 bits per heavy atom. The SMILES string of the molecule is Cc1cc(C(=O)NCC(O)c2ccccc2Cl)c(N)c([N+](=O)[O-])c1. The molecule has 0 fully saturated rings. The normalized spacial score (nSPS) is 11.8. The number of benzene rings is 2. The maximum atomic E-state index is 12.3. The smallest absolute Gasteiger partial charge is 0.293 e. The van der Waals surface area contributed by atoms with E-state index in [0.29, 0.717) is 16.1 Å². The summed E-state index contributed by atoms with van der Waals surface area (Å²) in [4.78, 5) is 22.6. The van der Waals surface area contributed by atoms with Gasteiger partial charge in [0.05, 0.1) is 16.6 Å². The molecule has 1 amide bonds. The number of nitrogens with two attached hydrogens (primary N) is 1. The third kappa shape index (κ3) is 3.81. The number of nitrogens with zero attached hydrogens (tertiary/aromatic N) is 1. The lowest BCUT2D eigenvalue weighted by Crippen LogP contribution is -2.29. The van der Waals surface area contributed by atoms with E-state index in [4.69, 9.17) is 17.3 Å². The molecule has 0 aliphatic rings. The summed E-state index contributed by atoms with van der Waals surface area (Å²) in [5.74, 6) is -0.606. The number of aliphatic hydroxyl groups is 1. The Hall–Kier alpha value is -2.64. The Labute approximate surface area is 143 Å². The first kappa shape index (κ1) is 17.7. The van der Waals surface area contributed by atoms with Crippen LogP contribution in [0.2, 0.25) is 5.02 Å². The van der Waals surface area contributed by atoms with Crippen molar-refractivity contribution in [2.45, 2.75) is 13.0 Å². The largest absolute Gasteiger partial charge is 0.393 e. The van der Waals surface area contributed by atoms with Crippen molar-refractivity contribution >= 4 is 28.9 Å². The van der Waals surface area contributed by atoms with Crippen molar-refractivity contribution in [3.05, 3.63) is 68.2 Å². The molecule has 7 nitrogen and oxygen atoms in total. The van der Waals surface area contributed by atoms with Crippen LogP contribution >= 0.6 is 11.6 Å². The summed E-state index contributed by atoms with van der Waals surface area (Å²) in [5.41, 5.74) is 6.17. The van der Waals surface area contributed by atoms with Gasteiger partial charge in [-0.25, -0.2) is 0 Å². The van der Waals surface area contributed by atoms with Gasteiger partial charge in [0.1, 0.15) is 5.69 Å². The number of hydrogen-bond acceptors (Lipinski definition) is 5. The van der Waals surface area contributed by atoms with E-state index in [9.17, 15) is 20.0 Å². The molecular formula is C16H16ClN3O4. The van der Waals surface area contributed by atoms with Crippen molar-refractivity contribution in [2.24, 2.45) is 0 Å². The van der Waals surface area contributed by atoms with E-state index in [2.05, 4.69) is 5.32 Å². The zero-order valence-corrected chi connectivity index (χ0v) is 13.6. The zero-order valence-electron chi connectivity index (χ0n) is 12.8. The Balaban J connectivity index is 2.16. The van der Waals surface area contributed by atoms with Crippen LogP contribution in [0.25, 0.3) is 0 Å². The first-order valence-corrected chi connectivity index (χ1v) is 7.44. The summed E-state index contributed by atoms with van der Waals surface area (Å²) >= 11 is 5.99. The number of halogens is 1.